The van der Waals surface area contributed by atoms with E-state index in [0.29, 0.717) is 11.4 Å². The number of carbonyl (C=O) groups is 2. The number of anilines is 2. The summed E-state index contributed by atoms with van der Waals surface area (Å²) in [4.78, 5) is 23.9. The van der Waals surface area contributed by atoms with Gasteiger partial charge in [0, 0.05) is 17.5 Å². The van der Waals surface area contributed by atoms with Gasteiger partial charge in [0.2, 0.25) is 5.91 Å². The Hall–Kier alpha value is -3.71. The topological polar surface area (TPSA) is 83.4 Å². The summed E-state index contributed by atoms with van der Waals surface area (Å²) < 4.78 is 5.04. The van der Waals surface area contributed by atoms with E-state index >= 15 is 0 Å². The molecule has 0 radical (unpaired) electrons. The molecule has 0 saturated carbocycles. The molecule has 0 fully saturated rings. The van der Waals surface area contributed by atoms with Gasteiger partial charge in [-0.05, 0) is 60.3 Å². The predicted octanol–water partition coefficient (Wildman–Crippen LogP) is 4.06. The largest absolute Gasteiger partial charge is 0.459 e. The second kappa shape index (κ2) is 9.29. The van der Waals surface area contributed by atoms with Crippen molar-refractivity contribution in [2.24, 2.45) is 0 Å². The summed E-state index contributed by atoms with van der Waals surface area (Å²) in [7, 11) is 0. The highest BCUT2D eigenvalue weighted by molar-refractivity contribution is 7.80. The van der Waals surface area contributed by atoms with Crippen molar-refractivity contribution in [1.29, 1.82) is 0 Å². The minimum absolute atomic E-state index is 0.176. The lowest BCUT2D eigenvalue weighted by molar-refractivity contribution is -0.115. The summed E-state index contributed by atoms with van der Waals surface area (Å²) in [5, 5.41) is 8.38. The highest BCUT2D eigenvalue weighted by Gasteiger charge is 2.08. The number of rotatable bonds is 5. The van der Waals surface area contributed by atoms with Gasteiger partial charge in [-0.3, -0.25) is 14.9 Å². The Kier molecular flexibility index (Phi) is 6.33. The van der Waals surface area contributed by atoms with E-state index in [4.69, 9.17) is 16.6 Å². The maximum atomic E-state index is 11.9. The van der Waals surface area contributed by atoms with Gasteiger partial charge in [-0.1, -0.05) is 30.3 Å². The van der Waals surface area contributed by atoms with E-state index in [-0.39, 0.29) is 22.7 Å². The highest BCUT2D eigenvalue weighted by Crippen LogP contribution is 2.15. The van der Waals surface area contributed by atoms with Crippen LogP contribution in [0, 0.1) is 0 Å². The number of hydrogen-bond acceptors (Lipinski definition) is 4. The van der Waals surface area contributed by atoms with Gasteiger partial charge in [0.25, 0.3) is 5.91 Å². The van der Waals surface area contributed by atoms with Crippen molar-refractivity contribution in [3.8, 4) is 0 Å². The summed E-state index contributed by atoms with van der Waals surface area (Å²) >= 11 is 5.14. The second-order valence-electron chi connectivity index (χ2n) is 5.70. The summed E-state index contributed by atoms with van der Waals surface area (Å²) in [6, 6.07) is 19.6. The number of nitrogens with one attached hydrogen (secondary N) is 3. The van der Waals surface area contributed by atoms with Crippen molar-refractivity contribution in [3.05, 3.63) is 90.4 Å². The molecule has 2 amide bonds. The van der Waals surface area contributed by atoms with Gasteiger partial charge in [0.05, 0.1) is 6.26 Å². The maximum Gasteiger partial charge on any atom is 0.291 e. The molecule has 0 aliphatic rings. The molecule has 1 aromatic heterocycles. The highest BCUT2D eigenvalue weighted by atomic mass is 32.1. The molecule has 3 aromatic rings. The maximum absolute atomic E-state index is 11.9. The minimum Gasteiger partial charge on any atom is -0.459 e. The lowest BCUT2D eigenvalue weighted by atomic mass is 10.2. The minimum atomic E-state index is -0.335. The zero-order valence-corrected chi connectivity index (χ0v) is 15.5. The fraction of sp³-hybridized carbons (Fsp3) is 0. The second-order valence-corrected chi connectivity index (χ2v) is 6.10. The molecule has 0 aliphatic heterocycles. The van der Waals surface area contributed by atoms with E-state index in [1.807, 2.05) is 30.3 Å². The fourth-order valence-electron chi connectivity index (χ4n) is 2.29. The third kappa shape index (κ3) is 5.65. The van der Waals surface area contributed by atoms with Crippen molar-refractivity contribution in [1.82, 2.24) is 5.32 Å². The monoisotopic (exact) mass is 391 g/mol. The number of carbonyl (C=O) groups excluding carboxylic acids is 2. The molecule has 7 heteroatoms. The van der Waals surface area contributed by atoms with Crippen LogP contribution < -0.4 is 16.0 Å². The molecule has 2 aromatic carbocycles. The Morgan fingerprint density at radius 3 is 2.18 bits per heavy atom. The number of furan rings is 1. The summed E-state index contributed by atoms with van der Waals surface area (Å²) in [5.41, 5.74) is 2.20. The van der Waals surface area contributed by atoms with Crippen LogP contribution in [0.1, 0.15) is 16.1 Å². The molecule has 1 heterocycles. The number of amides is 2. The Morgan fingerprint density at radius 2 is 1.54 bits per heavy atom. The molecule has 6 nitrogen and oxygen atoms in total. The Labute approximate surface area is 167 Å². The van der Waals surface area contributed by atoms with Crippen molar-refractivity contribution in [2.75, 3.05) is 10.6 Å². The Bertz CT molecular complexity index is 982. The van der Waals surface area contributed by atoms with E-state index in [2.05, 4.69) is 16.0 Å². The van der Waals surface area contributed by atoms with Crippen molar-refractivity contribution >= 4 is 46.6 Å². The Balaban J connectivity index is 1.49. The van der Waals surface area contributed by atoms with Gasteiger partial charge in [0.1, 0.15) is 0 Å². The first-order valence-electron chi connectivity index (χ1n) is 8.40. The average Bonchev–Trinajstić information content (AvgIpc) is 3.24. The van der Waals surface area contributed by atoms with Gasteiger partial charge in [-0.25, -0.2) is 0 Å². The van der Waals surface area contributed by atoms with Crippen LogP contribution in [0.3, 0.4) is 0 Å². The standard InChI is InChI=1S/C21H17N3O3S/c25-19(13-8-15-5-2-1-3-6-15)24-21(28)23-17-11-9-16(10-12-17)22-20(26)18-7-4-14-27-18/h1-14H,(H,22,26)(H2,23,24,25,28)/b13-8+. The molecule has 0 spiro atoms. The third-order valence-electron chi connectivity index (χ3n) is 3.61. The first-order valence-corrected chi connectivity index (χ1v) is 8.81. The van der Waals surface area contributed by atoms with Gasteiger partial charge in [-0.15, -0.1) is 0 Å². The molecule has 0 unspecified atom stereocenters. The van der Waals surface area contributed by atoms with Crippen LogP contribution in [0.4, 0.5) is 11.4 Å². The fourth-order valence-corrected chi connectivity index (χ4v) is 2.51. The van der Waals surface area contributed by atoms with E-state index in [1.165, 1.54) is 12.3 Å². The van der Waals surface area contributed by atoms with Gasteiger partial charge in [0.15, 0.2) is 10.9 Å². The summed E-state index contributed by atoms with van der Waals surface area (Å²) in [5.74, 6) is -0.433. The zero-order valence-electron chi connectivity index (χ0n) is 14.7. The summed E-state index contributed by atoms with van der Waals surface area (Å²) in [6.07, 6.45) is 4.55. The normalized spacial score (nSPS) is 10.4. The Morgan fingerprint density at radius 1 is 0.857 bits per heavy atom. The van der Waals surface area contributed by atoms with Crippen molar-refractivity contribution in [2.45, 2.75) is 0 Å². The lowest BCUT2D eigenvalue weighted by Crippen LogP contribution is -2.32. The first kappa shape index (κ1) is 19.1. The van der Waals surface area contributed by atoms with Gasteiger partial charge >= 0.3 is 0 Å². The van der Waals surface area contributed by atoms with Gasteiger partial charge in [-0.2, -0.15) is 0 Å². The van der Waals surface area contributed by atoms with Crippen LogP contribution in [-0.2, 0) is 4.79 Å². The van der Waals surface area contributed by atoms with Crippen molar-refractivity contribution in [3.63, 3.8) is 0 Å². The van der Waals surface area contributed by atoms with E-state index < -0.39 is 0 Å². The third-order valence-corrected chi connectivity index (χ3v) is 3.81. The van der Waals surface area contributed by atoms with E-state index in [0.717, 1.165) is 5.56 Å². The first-order chi connectivity index (χ1) is 13.6. The van der Waals surface area contributed by atoms with Crippen molar-refractivity contribution < 1.29 is 14.0 Å². The molecule has 3 N–H and O–H groups in total. The average molecular weight is 391 g/mol. The molecule has 0 atom stereocenters. The molecule has 0 aliphatic carbocycles. The molecule has 3 rings (SSSR count). The van der Waals surface area contributed by atoms with Crippen LogP contribution >= 0.6 is 12.2 Å². The van der Waals surface area contributed by atoms with E-state index in [9.17, 15) is 9.59 Å². The van der Waals surface area contributed by atoms with E-state index in [1.54, 1.807) is 42.5 Å². The smallest absolute Gasteiger partial charge is 0.291 e. The molecular weight excluding hydrogens is 374 g/mol. The molecule has 0 bridgehead atoms. The van der Waals surface area contributed by atoms with Gasteiger partial charge < -0.3 is 15.1 Å². The van der Waals surface area contributed by atoms with Crippen LogP contribution in [0.15, 0.2) is 83.5 Å². The number of benzene rings is 2. The van der Waals surface area contributed by atoms with Crippen LogP contribution in [0.25, 0.3) is 6.08 Å². The number of thiocarbonyl (C=S) groups is 1. The van der Waals surface area contributed by atoms with Crippen LogP contribution in [0.2, 0.25) is 0 Å². The predicted molar refractivity (Wildman–Crippen MR) is 113 cm³/mol. The summed E-state index contributed by atoms with van der Waals surface area (Å²) in [6.45, 7) is 0. The SMILES string of the molecule is O=C(/C=C/c1ccccc1)NC(=S)Nc1ccc(NC(=O)c2ccco2)cc1. The van der Waals surface area contributed by atoms with Crippen LogP contribution in [0.5, 0.6) is 0 Å². The zero-order chi connectivity index (χ0) is 19.8. The molecular formula is C21H17N3O3S. The molecule has 0 saturated heterocycles. The van der Waals surface area contributed by atoms with Crippen LogP contribution in [-0.4, -0.2) is 16.9 Å². The molecule has 140 valence electrons. The molecule has 28 heavy (non-hydrogen) atoms. The number of hydrogen-bond donors (Lipinski definition) is 3. The quantitative estimate of drug-likeness (QED) is 0.451. The lowest BCUT2D eigenvalue weighted by Gasteiger charge is -2.09.